The van der Waals surface area contributed by atoms with E-state index in [0.717, 1.165) is 17.7 Å². The van der Waals surface area contributed by atoms with Gasteiger partial charge in [0.2, 0.25) is 20.0 Å². The van der Waals surface area contributed by atoms with Gasteiger partial charge in [0.05, 0.1) is 29.4 Å². The fourth-order valence-electron chi connectivity index (χ4n) is 6.40. The minimum absolute atomic E-state index is 0.0649. The molecule has 2 aliphatic rings. The van der Waals surface area contributed by atoms with Crippen LogP contribution in [-0.4, -0.2) is 89.6 Å². The van der Waals surface area contributed by atoms with Crippen LogP contribution in [0.2, 0.25) is 5.02 Å². The third kappa shape index (κ3) is 10.4. The molecule has 56 heavy (non-hydrogen) atoms. The van der Waals surface area contributed by atoms with Crippen molar-refractivity contribution in [2.24, 2.45) is 5.14 Å². The number of ether oxygens (including phenoxy) is 2. The van der Waals surface area contributed by atoms with E-state index in [4.69, 9.17) is 26.2 Å². The van der Waals surface area contributed by atoms with Crippen LogP contribution in [0.3, 0.4) is 0 Å². The molecule has 0 aromatic heterocycles. The third-order valence-corrected chi connectivity index (χ3v) is 12.1. The summed E-state index contributed by atoms with van der Waals surface area (Å²) >= 11 is 6.03. The van der Waals surface area contributed by atoms with Crippen LogP contribution in [0.1, 0.15) is 60.6 Å². The van der Waals surface area contributed by atoms with E-state index in [9.17, 15) is 41.1 Å². The number of hydrogen-bond acceptors (Lipinski definition) is 13. The SMILES string of the molecule is CCOC(=O)[C@H](CCCCNC(=O)c1ccc(OCC2Nc3cc(Cl)c(S(N)(=O)=O)cc3S(=O)(=O)N2)cc1)N[C@@H](C)C(=O)C1NC(C(=O)O)Cc2ccccc21. The van der Waals surface area contributed by atoms with Crippen molar-refractivity contribution in [2.45, 2.75) is 79.7 Å². The molecule has 5 rings (SSSR count). The number of unbranched alkanes of at least 4 members (excludes halogenated alkanes) is 1. The Bertz CT molecular complexity index is 2190. The van der Waals surface area contributed by atoms with Crippen molar-refractivity contribution in [2.75, 3.05) is 25.1 Å². The zero-order valence-corrected chi connectivity index (χ0v) is 32.8. The van der Waals surface area contributed by atoms with E-state index >= 15 is 0 Å². The first-order valence-electron chi connectivity index (χ1n) is 17.7. The first-order valence-corrected chi connectivity index (χ1v) is 21.1. The molecule has 3 unspecified atom stereocenters. The Morgan fingerprint density at radius 1 is 1.07 bits per heavy atom. The largest absolute Gasteiger partial charge is 0.490 e. The molecule has 302 valence electrons. The highest BCUT2D eigenvalue weighted by Crippen LogP contribution is 2.34. The highest BCUT2D eigenvalue weighted by atomic mass is 35.5. The third-order valence-electron chi connectivity index (χ3n) is 9.19. The Morgan fingerprint density at radius 3 is 2.46 bits per heavy atom. The number of aliphatic carboxylic acids is 1. The number of benzene rings is 3. The van der Waals surface area contributed by atoms with Crippen molar-refractivity contribution in [3.63, 3.8) is 0 Å². The highest BCUT2D eigenvalue weighted by Gasteiger charge is 2.37. The fraction of sp³-hybridized carbons (Fsp3) is 0.389. The molecular formula is C36H43ClN6O11S2. The van der Waals surface area contributed by atoms with Gasteiger partial charge >= 0.3 is 11.9 Å². The molecule has 0 spiro atoms. The maximum absolute atomic E-state index is 13.6. The first kappa shape index (κ1) is 42.5. The van der Waals surface area contributed by atoms with Gasteiger partial charge in [-0.15, -0.1) is 0 Å². The second-order valence-corrected chi connectivity index (χ2v) is 16.8. The topological polar surface area (TPSA) is 261 Å². The number of anilines is 1. The predicted molar refractivity (Wildman–Crippen MR) is 204 cm³/mol. The van der Waals surface area contributed by atoms with Crippen molar-refractivity contribution >= 4 is 61.0 Å². The van der Waals surface area contributed by atoms with Gasteiger partial charge in [-0.1, -0.05) is 35.9 Å². The van der Waals surface area contributed by atoms with Gasteiger partial charge < -0.3 is 25.2 Å². The summed E-state index contributed by atoms with van der Waals surface area (Å²) in [6.07, 6.45) is 0.625. The summed E-state index contributed by atoms with van der Waals surface area (Å²) in [6.45, 7) is 3.56. The van der Waals surface area contributed by atoms with Crippen molar-refractivity contribution in [3.05, 3.63) is 82.4 Å². The normalized spacial score (nSPS) is 19.6. The van der Waals surface area contributed by atoms with E-state index in [-0.39, 0.29) is 53.5 Å². The van der Waals surface area contributed by atoms with Crippen LogP contribution >= 0.6 is 11.6 Å². The average molecular weight is 835 g/mol. The number of carboxylic acids is 1. The number of rotatable bonds is 17. The summed E-state index contributed by atoms with van der Waals surface area (Å²) in [7, 11) is -8.41. The smallest absolute Gasteiger partial charge is 0.323 e. The molecule has 0 aliphatic carbocycles. The minimum Gasteiger partial charge on any atom is -0.490 e. The van der Waals surface area contributed by atoms with E-state index < -0.39 is 67.2 Å². The van der Waals surface area contributed by atoms with Crippen LogP contribution in [0.5, 0.6) is 5.75 Å². The highest BCUT2D eigenvalue weighted by molar-refractivity contribution is 7.90. The van der Waals surface area contributed by atoms with Crippen molar-refractivity contribution in [1.29, 1.82) is 0 Å². The zero-order valence-electron chi connectivity index (χ0n) is 30.4. The quantitative estimate of drug-likeness (QED) is 0.0756. The lowest BCUT2D eigenvalue weighted by Gasteiger charge is -2.32. The second kappa shape index (κ2) is 18.1. The maximum Gasteiger partial charge on any atom is 0.323 e. The number of nitrogens with one attached hydrogen (secondary N) is 5. The number of Topliss-reactive ketones (excluding diaryl/α,β-unsaturated/α-hetero) is 1. The van der Waals surface area contributed by atoms with Gasteiger partial charge in [-0.3, -0.25) is 29.8 Å². The van der Waals surface area contributed by atoms with Gasteiger partial charge in [0, 0.05) is 12.1 Å². The van der Waals surface area contributed by atoms with Crippen LogP contribution in [0.25, 0.3) is 0 Å². The Hall–Kier alpha value is -4.63. The van der Waals surface area contributed by atoms with Gasteiger partial charge in [0.15, 0.2) is 5.78 Å². The Morgan fingerprint density at radius 2 is 1.79 bits per heavy atom. The molecule has 0 saturated carbocycles. The van der Waals surface area contributed by atoms with Gasteiger partial charge in [-0.05, 0) is 87.1 Å². The monoisotopic (exact) mass is 834 g/mol. The van der Waals surface area contributed by atoms with E-state index in [1.807, 2.05) is 0 Å². The van der Waals surface area contributed by atoms with E-state index in [1.165, 1.54) is 24.3 Å². The summed E-state index contributed by atoms with van der Waals surface area (Å²) in [4.78, 5) is 50.2. The number of carbonyl (C=O) groups excluding carboxylic acids is 3. The second-order valence-electron chi connectivity index (χ2n) is 13.2. The van der Waals surface area contributed by atoms with Crippen LogP contribution in [0.4, 0.5) is 5.69 Å². The lowest BCUT2D eigenvalue weighted by Crippen LogP contribution is -2.53. The van der Waals surface area contributed by atoms with Gasteiger partial charge in [0.25, 0.3) is 5.91 Å². The average Bonchev–Trinajstić information content (AvgIpc) is 3.14. The molecule has 17 nitrogen and oxygen atoms in total. The number of amides is 1. The molecule has 0 bridgehead atoms. The molecule has 20 heteroatoms. The standard InChI is InChI=1S/C36H43ClN6O11S2/c1-3-53-36(48)26(40-20(2)33(44)32-24-9-5-4-8-22(24)16-28(42-32)35(46)47)10-6-7-15-39-34(45)21-11-13-23(14-12-21)54-19-31-41-27-17-25(37)29(55(38,49)50)18-30(27)56(51,52)43-31/h4-5,8-9,11-14,17-18,20,26,28,31-32,40-43H,3,6-7,10,15-16,19H2,1-2H3,(H,39,45)(H,46,47)(H2,38,49,50)/t20-,26-,28?,31?,32?/m0/s1. The molecule has 0 saturated heterocycles. The Kier molecular flexibility index (Phi) is 13.7. The van der Waals surface area contributed by atoms with Crippen molar-refractivity contribution in [1.82, 2.24) is 20.7 Å². The number of fused-ring (bicyclic) bond motifs is 2. The molecule has 2 aliphatic heterocycles. The van der Waals surface area contributed by atoms with Crippen LogP contribution < -0.4 is 35.9 Å². The number of carboxylic acid groups (broad SMARTS) is 1. The molecule has 0 radical (unpaired) electrons. The molecule has 1 amide bonds. The lowest BCUT2D eigenvalue weighted by atomic mass is 9.86. The van der Waals surface area contributed by atoms with Gasteiger partial charge in [-0.25, -0.2) is 22.0 Å². The van der Waals surface area contributed by atoms with Crippen molar-refractivity contribution in [3.8, 4) is 5.75 Å². The predicted octanol–water partition coefficient (Wildman–Crippen LogP) is 1.82. The summed E-state index contributed by atoms with van der Waals surface area (Å²) in [5.74, 6) is -1.91. The molecule has 2 heterocycles. The van der Waals surface area contributed by atoms with Crippen LogP contribution in [0.15, 0.2) is 70.5 Å². The Labute approximate surface area is 329 Å². The number of hydrogen-bond donors (Lipinski definition) is 7. The fourth-order valence-corrected chi connectivity index (χ4v) is 8.89. The molecule has 3 aromatic rings. The molecule has 8 N–H and O–H groups in total. The molecule has 0 fully saturated rings. The first-order chi connectivity index (χ1) is 26.5. The zero-order chi connectivity index (χ0) is 40.8. The summed E-state index contributed by atoms with van der Waals surface area (Å²) in [6, 6.07) is 11.9. The number of nitrogens with two attached hydrogens (primary N) is 1. The Balaban J connectivity index is 1.09. The number of primary sulfonamides is 1. The van der Waals surface area contributed by atoms with Crippen LogP contribution in [0, 0.1) is 0 Å². The van der Waals surface area contributed by atoms with Crippen molar-refractivity contribution < 1.29 is 50.6 Å². The van der Waals surface area contributed by atoms with E-state index in [0.29, 0.717) is 36.1 Å². The number of esters is 1. The number of carbonyl (C=O) groups is 4. The van der Waals surface area contributed by atoms with Gasteiger partial charge in [0.1, 0.15) is 40.4 Å². The minimum atomic E-state index is -4.27. The summed E-state index contributed by atoms with van der Waals surface area (Å²) < 4.78 is 62.5. The van der Waals surface area contributed by atoms with Crippen LogP contribution in [-0.2, 0) is 45.6 Å². The number of halogens is 1. The van der Waals surface area contributed by atoms with E-state index in [2.05, 4.69) is 26.0 Å². The molecule has 3 aromatic carbocycles. The number of sulfonamides is 2. The summed E-state index contributed by atoms with van der Waals surface area (Å²) in [5, 5.41) is 26.3. The summed E-state index contributed by atoms with van der Waals surface area (Å²) in [5.41, 5.74) is 1.87. The molecular weight excluding hydrogens is 792 g/mol. The lowest BCUT2D eigenvalue weighted by molar-refractivity contribution is -0.146. The number of ketones is 1. The van der Waals surface area contributed by atoms with E-state index in [1.54, 1.807) is 38.1 Å². The molecule has 5 atom stereocenters. The van der Waals surface area contributed by atoms with Gasteiger partial charge in [-0.2, -0.15) is 4.72 Å². The maximum atomic E-state index is 13.6.